The van der Waals surface area contributed by atoms with Crippen molar-refractivity contribution in [1.82, 2.24) is 19.7 Å². The molecule has 2 aromatic rings. The van der Waals surface area contributed by atoms with E-state index in [1.54, 1.807) is 4.68 Å². The molecule has 2 aromatic heterocycles. The summed E-state index contributed by atoms with van der Waals surface area (Å²) in [5.74, 6) is 1.71. The van der Waals surface area contributed by atoms with Gasteiger partial charge >= 0.3 is 0 Å². The molecular formula is C16H25N5O2. The first kappa shape index (κ1) is 16.1. The molecule has 0 amide bonds. The predicted molar refractivity (Wildman–Crippen MR) is 88.8 cm³/mol. The van der Waals surface area contributed by atoms with Crippen LogP contribution in [0.5, 0.6) is 0 Å². The second-order valence-corrected chi connectivity index (χ2v) is 7.07. The van der Waals surface area contributed by atoms with Gasteiger partial charge in [-0.3, -0.25) is 4.68 Å². The Morgan fingerprint density at radius 2 is 2.09 bits per heavy atom. The fourth-order valence-electron chi connectivity index (χ4n) is 2.67. The lowest BCUT2D eigenvalue weighted by atomic mass is 9.95. The summed E-state index contributed by atoms with van der Waals surface area (Å²) in [6, 6.07) is 0. The number of likely N-dealkylation sites (N-methyl/N-ethyl adjacent to an activating group) is 1. The molecule has 0 unspecified atom stereocenters. The highest BCUT2D eigenvalue weighted by molar-refractivity contribution is 5.87. The minimum absolute atomic E-state index is 0.0634. The number of anilines is 1. The Kier molecular flexibility index (Phi) is 4.25. The van der Waals surface area contributed by atoms with Crippen molar-refractivity contribution in [1.29, 1.82) is 0 Å². The fraction of sp³-hybridized carbons (Fsp3) is 0.688. The molecule has 3 rings (SSSR count). The van der Waals surface area contributed by atoms with E-state index < -0.39 is 0 Å². The van der Waals surface area contributed by atoms with E-state index in [-0.39, 0.29) is 11.5 Å². The second kappa shape index (κ2) is 6.05. The fourth-order valence-corrected chi connectivity index (χ4v) is 2.67. The molecule has 3 heterocycles. The number of hydrogen-bond donors (Lipinski definition) is 0. The van der Waals surface area contributed by atoms with Gasteiger partial charge in [0.25, 0.3) is 0 Å². The predicted octanol–water partition coefficient (Wildman–Crippen LogP) is 1.51. The maximum atomic E-state index is 5.75. The van der Waals surface area contributed by atoms with Crippen molar-refractivity contribution in [2.24, 2.45) is 7.05 Å². The summed E-state index contributed by atoms with van der Waals surface area (Å²) < 4.78 is 13.0. The first-order valence-corrected chi connectivity index (χ1v) is 7.97. The van der Waals surface area contributed by atoms with E-state index in [1.807, 2.05) is 20.3 Å². The number of nitrogens with zero attached hydrogens (tertiary/aromatic N) is 5. The molecule has 1 saturated heterocycles. The summed E-state index contributed by atoms with van der Waals surface area (Å²) in [5.41, 5.74) is 0.728. The van der Waals surface area contributed by atoms with Crippen LogP contribution >= 0.6 is 0 Å². The smallest absolute Gasteiger partial charge is 0.163 e. The number of hydrogen-bond acceptors (Lipinski definition) is 6. The number of rotatable bonds is 3. The summed E-state index contributed by atoms with van der Waals surface area (Å²) in [6.07, 6.45) is 1.89. The van der Waals surface area contributed by atoms with Gasteiger partial charge in [0.15, 0.2) is 5.65 Å². The molecule has 7 nitrogen and oxygen atoms in total. The van der Waals surface area contributed by atoms with Crippen LogP contribution in [-0.2, 0) is 21.9 Å². The topological polar surface area (TPSA) is 65.3 Å². The zero-order valence-electron chi connectivity index (χ0n) is 14.5. The van der Waals surface area contributed by atoms with Crippen LogP contribution in [0.1, 0.15) is 26.6 Å². The van der Waals surface area contributed by atoms with Crippen LogP contribution in [0.25, 0.3) is 11.0 Å². The Labute approximate surface area is 136 Å². The van der Waals surface area contributed by atoms with Gasteiger partial charge in [0.05, 0.1) is 37.5 Å². The van der Waals surface area contributed by atoms with E-state index in [0.29, 0.717) is 19.8 Å². The SMILES string of the molecule is CN(C[C@@H]1COCCO1)c1nc(C(C)(C)C)nc2c1cnn2C. The van der Waals surface area contributed by atoms with Crippen LogP contribution in [0.4, 0.5) is 5.82 Å². The number of aromatic nitrogens is 4. The highest BCUT2D eigenvalue weighted by Crippen LogP contribution is 2.27. The van der Waals surface area contributed by atoms with Crippen LogP contribution in [-0.4, -0.2) is 59.3 Å². The molecule has 126 valence electrons. The van der Waals surface area contributed by atoms with E-state index >= 15 is 0 Å². The van der Waals surface area contributed by atoms with Gasteiger partial charge in [0.1, 0.15) is 11.6 Å². The summed E-state index contributed by atoms with van der Waals surface area (Å²) in [5, 5.41) is 5.30. The van der Waals surface area contributed by atoms with Crippen molar-refractivity contribution in [3.05, 3.63) is 12.0 Å². The largest absolute Gasteiger partial charge is 0.376 e. The third-order valence-corrected chi connectivity index (χ3v) is 3.97. The molecule has 1 aliphatic rings. The molecule has 0 saturated carbocycles. The molecule has 1 aliphatic heterocycles. The van der Waals surface area contributed by atoms with Crippen LogP contribution in [0.2, 0.25) is 0 Å². The normalized spacial score (nSPS) is 19.3. The molecule has 0 aromatic carbocycles. The van der Waals surface area contributed by atoms with Crippen molar-refractivity contribution in [2.45, 2.75) is 32.3 Å². The van der Waals surface area contributed by atoms with Gasteiger partial charge in [0.2, 0.25) is 0 Å². The molecule has 23 heavy (non-hydrogen) atoms. The Morgan fingerprint density at radius 1 is 1.30 bits per heavy atom. The summed E-state index contributed by atoms with van der Waals surface area (Å²) in [6.45, 7) is 9.03. The number of ether oxygens (including phenoxy) is 2. The lowest BCUT2D eigenvalue weighted by Gasteiger charge is -2.29. The maximum Gasteiger partial charge on any atom is 0.163 e. The third kappa shape index (κ3) is 3.30. The van der Waals surface area contributed by atoms with Crippen molar-refractivity contribution in [2.75, 3.05) is 38.3 Å². The van der Waals surface area contributed by atoms with E-state index in [1.165, 1.54) is 0 Å². The lowest BCUT2D eigenvalue weighted by Crippen LogP contribution is -2.39. The number of aryl methyl sites for hydroxylation is 1. The van der Waals surface area contributed by atoms with E-state index in [4.69, 9.17) is 19.4 Å². The van der Waals surface area contributed by atoms with E-state index in [0.717, 1.165) is 29.2 Å². The molecule has 7 heteroatoms. The van der Waals surface area contributed by atoms with Gasteiger partial charge in [-0.2, -0.15) is 5.10 Å². The molecule has 0 aliphatic carbocycles. The molecular weight excluding hydrogens is 294 g/mol. The molecule has 1 fully saturated rings. The molecule has 0 radical (unpaired) electrons. The highest BCUT2D eigenvalue weighted by atomic mass is 16.6. The van der Waals surface area contributed by atoms with Crippen LogP contribution in [0.3, 0.4) is 0 Å². The zero-order valence-corrected chi connectivity index (χ0v) is 14.5. The maximum absolute atomic E-state index is 5.75. The quantitative estimate of drug-likeness (QED) is 0.854. The highest BCUT2D eigenvalue weighted by Gasteiger charge is 2.24. The Balaban J connectivity index is 1.97. The van der Waals surface area contributed by atoms with Crippen molar-refractivity contribution in [3.63, 3.8) is 0 Å². The van der Waals surface area contributed by atoms with Gasteiger partial charge in [-0.1, -0.05) is 20.8 Å². The van der Waals surface area contributed by atoms with Gasteiger partial charge in [-0.25, -0.2) is 9.97 Å². The minimum Gasteiger partial charge on any atom is -0.376 e. The average molecular weight is 319 g/mol. The average Bonchev–Trinajstić information content (AvgIpc) is 2.88. The van der Waals surface area contributed by atoms with E-state index in [9.17, 15) is 0 Å². The summed E-state index contributed by atoms with van der Waals surface area (Å²) >= 11 is 0. The minimum atomic E-state index is -0.126. The lowest BCUT2D eigenvalue weighted by molar-refractivity contribution is -0.0837. The summed E-state index contributed by atoms with van der Waals surface area (Å²) in [7, 11) is 3.93. The Hall–Kier alpha value is -1.73. The third-order valence-electron chi connectivity index (χ3n) is 3.97. The molecule has 1 atom stereocenters. The Bertz CT molecular complexity index is 686. The second-order valence-electron chi connectivity index (χ2n) is 7.07. The van der Waals surface area contributed by atoms with Crippen LogP contribution < -0.4 is 4.90 Å². The standard InChI is InChI=1S/C16H25N5O2/c1-16(2,3)15-18-13(12-8-17-21(5)14(12)19-15)20(4)9-11-10-22-6-7-23-11/h8,11H,6-7,9-10H2,1-5H3/t11-/m1/s1. The van der Waals surface area contributed by atoms with Gasteiger partial charge in [-0.15, -0.1) is 0 Å². The molecule has 0 N–H and O–H groups in total. The zero-order chi connectivity index (χ0) is 16.6. The molecule has 0 spiro atoms. The monoisotopic (exact) mass is 319 g/mol. The summed E-state index contributed by atoms with van der Waals surface area (Å²) in [4.78, 5) is 11.6. The van der Waals surface area contributed by atoms with E-state index in [2.05, 4.69) is 30.8 Å². The van der Waals surface area contributed by atoms with Gasteiger partial charge in [-0.05, 0) is 0 Å². The van der Waals surface area contributed by atoms with Gasteiger partial charge in [0, 0.05) is 26.1 Å². The molecule has 0 bridgehead atoms. The first-order chi connectivity index (χ1) is 10.9. The van der Waals surface area contributed by atoms with Crippen LogP contribution in [0.15, 0.2) is 6.20 Å². The van der Waals surface area contributed by atoms with Crippen molar-refractivity contribution < 1.29 is 9.47 Å². The van der Waals surface area contributed by atoms with Crippen LogP contribution in [0, 0.1) is 0 Å². The number of fused-ring (bicyclic) bond motifs is 1. The van der Waals surface area contributed by atoms with Crippen molar-refractivity contribution >= 4 is 16.9 Å². The Morgan fingerprint density at radius 3 is 2.74 bits per heavy atom. The van der Waals surface area contributed by atoms with Gasteiger partial charge < -0.3 is 14.4 Å². The first-order valence-electron chi connectivity index (χ1n) is 7.97. The van der Waals surface area contributed by atoms with Crippen molar-refractivity contribution in [3.8, 4) is 0 Å².